The molecule has 1 fully saturated rings. The van der Waals surface area contributed by atoms with Gasteiger partial charge in [-0.15, -0.1) is 0 Å². The number of rotatable bonds is 4. The van der Waals surface area contributed by atoms with Crippen molar-refractivity contribution in [3.63, 3.8) is 0 Å². The molecule has 0 amide bonds. The van der Waals surface area contributed by atoms with Crippen molar-refractivity contribution in [3.8, 4) is 0 Å². The summed E-state index contributed by atoms with van der Waals surface area (Å²) in [6.07, 6.45) is 2.63. The lowest BCUT2D eigenvalue weighted by molar-refractivity contribution is 0.489. The Morgan fingerprint density at radius 1 is 1.05 bits per heavy atom. The van der Waals surface area contributed by atoms with Crippen LogP contribution < -0.4 is 10.6 Å². The Kier molecular flexibility index (Phi) is 3.45. The lowest BCUT2D eigenvalue weighted by atomic mass is 9.95. The summed E-state index contributed by atoms with van der Waals surface area (Å²) in [5, 5.41) is 6.70. The third kappa shape index (κ3) is 3.37. The first-order chi connectivity index (χ1) is 8.72. The Balaban J connectivity index is 2.29. The van der Waals surface area contributed by atoms with Gasteiger partial charge in [0, 0.05) is 24.1 Å². The summed E-state index contributed by atoms with van der Waals surface area (Å²) in [7, 11) is 1.89. The van der Waals surface area contributed by atoms with Gasteiger partial charge in [-0.25, -0.2) is 9.97 Å². The molecule has 0 saturated heterocycles. The van der Waals surface area contributed by atoms with E-state index in [-0.39, 0.29) is 11.0 Å². The zero-order valence-corrected chi connectivity index (χ0v) is 13.0. The molecule has 1 aromatic heterocycles. The lowest BCUT2D eigenvalue weighted by Crippen LogP contribution is -2.34. The lowest BCUT2D eigenvalue weighted by Gasteiger charge is -2.28. The van der Waals surface area contributed by atoms with Gasteiger partial charge in [-0.1, -0.05) is 20.8 Å². The molecule has 2 rings (SSSR count). The molecule has 1 aromatic rings. The van der Waals surface area contributed by atoms with Gasteiger partial charge in [-0.3, -0.25) is 0 Å². The van der Waals surface area contributed by atoms with E-state index in [9.17, 15) is 0 Å². The van der Waals surface area contributed by atoms with Crippen molar-refractivity contribution in [3.05, 3.63) is 11.9 Å². The van der Waals surface area contributed by atoms with Crippen LogP contribution in [0, 0.1) is 5.92 Å². The van der Waals surface area contributed by atoms with Crippen LogP contribution in [0.4, 0.5) is 11.6 Å². The highest BCUT2D eigenvalue weighted by Crippen LogP contribution is 2.41. The predicted octanol–water partition coefficient (Wildman–Crippen LogP) is 3.42. The van der Waals surface area contributed by atoms with Gasteiger partial charge in [-0.05, 0) is 32.6 Å². The van der Waals surface area contributed by atoms with Crippen LogP contribution in [-0.2, 0) is 5.41 Å². The molecule has 1 heterocycles. The van der Waals surface area contributed by atoms with Gasteiger partial charge < -0.3 is 10.6 Å². The quantitative estimate of drug-likeness (QED) is 0.873. The number of aromatic nitrogens is 2. The van der Waals surface area contributed by atoms with Gasteiger partial charge in [0.05, 0.1) is 0 Å². The average Bonchev–Trinajstić information content (AvgIpc) is 3.10. The maximum absolute atomic E-state index is 4.69. The Morgan fingerprint density at radius 2 is 1.63 bits per heavy atom. The summed E-state index contributed by atoms with van der Waals surface area (Å²) in [5.41, 5.74) is 0.0571. The molecule has 0 atom stereocenters. The van der Waals surface area contributed by atoms with Crippen LogP contribution in [0.5, 0.6) is 0 Å². The van der Waals surface area contributed by atoms with Crippen molar-refractivity contribution >= 4 is 11.6 Å². The van der Waals surface area contributed by atoms with E-state index in [1.165, 1.54) is 12.8 Å². The summed E-state index contributed by atoms with van der Waals surface area (Å²) in [4.78, 5) is 9.24. The number of hydrogen-bond donors (Lipinski definition) is 2. The molecule has 19 heavy (non-hydrogen) atoms. The van der Waals surface area contributed by atoms with E-state index in [0.29, 0.717) is 0 Å². The monoisotopic (exact) mass is 262 g/mol. The Morgan fingerprint density at radius 3 is 2.11 bits per heavy atom. The van der Waals surface area contributed by atoms with Gasteiger partial charge in [0.25, 0.3) is 0 Å². The zero-order valence-electron chi connectivity index (χ0n) is 13.0. The van der Waals surface area contributed by atoms with Crippen molar-refractivity contribution in [1.82, 2.24) is 9.97 Å². The largest absolute Gasteiger partial charge is 0.373 e. The van der Waals surface area contributed by atoms with Gasteiger partial charge in [0.2, 0.25) is 0 Å². The van der Waals surface area contributed by atoms with E-state index < -0.39 is 0 Å². The molecule has 0 aromatic carbocycles. The molecule has 0 aliphatic heterocycles. The van der Waals surface area contributed by atoms with Crippen LogP contribution in [0.25, 0.3) is 0 Å². The predicted molar refractivity (Wildman–Crippen MR) is 80.7 cm³/mol. The fourth-order valence-corrected chi connectivity index (χ4v) is 2.21. The standard InChI is InChI=1S/C15H26N4/c1-14(2,3)13-17-11(16-6)9-12(18-13)19-15(4,5)10-7-8-10/h9-10H,7-8H2,1-6H3,(H2,16,17,18,19). The Bertz CT molecular complexity index is 456. The van der Waals surface area contributed by atoms with Crippen molar-refractivity contribution in [1.29, 1.82) is 0 Å². The molecular formula is C15H26N4. The van der Waals surface area contributed by atoms with E-state index >= 15 is 0 Å². The number of nitrogens with one attached hydrogen (secondary N) is 2. The van der Waals surface area contributed by atoms with Crippen molar-refractivity contribution < 1.29 is 0 Å². The van der Waals surface area contributed by atoms with E-state index in [1.807, 2.05) is 13.1 Å². The molecule has 0 radical (unpaired) electrons. The number of hydrogen-bond acceptors (Lipinski definition) is 4. The molecule has 0 spiro atoms. The molecule has 0 unspecified atom stereocenters. The highest BCUT2D eigenvalue weighted by Gasteiger charge is 2.38. The SMILES string of the molecule is CNc1cc(NC(C)(C)C2CC2)nc(C(C)(C)C)n1. The van der Waals surface area contributed by atoms with Crippen LogP contribution in [0.15, 0.2) is 6.07 Å². The molecule has 4 heteroatoms. The minimum absolute atomic E-state index is 0.0486. The molecule has 1 aliphatic carbocycles. The van der Waals surface area contributed by atoms with Crippen molar-refractivity contribution in [2.45, 2.75) is 58.4 Å². The average molecular weight is 262 g/mol. The summed E-state index contributed by atoms with van der Waals surface area (Å²) in [6.45, 7) is 10.9. The molecule has 1 saturated carbocycles. The zero-order chi connectivity index (χ0) is 14.3. The topological polar surface area (TPSA) is 49.8 Å². The van der Waals surface area contributed by atoms with E-state index in [2.05, 4.69) is 55.2 Å². The molecule has 4 nitrogen and oxygen atoms in total. The molecular weight excluding hydrogens is 236 g/mol. The van der Waals surface area contributed by atoms with Crippen LogP contribution >= 0.6 is 0 Å². The van der Waals surface area contributed by atoms with E-state index in [4.69, 9.17) is 0 Å². The third-order valence-corrected chi connectivity index (χ3v) is 3.70. The van der Waals surface area contributed by atoms with Crippen molar-refractivity contribution in [2.75, 3.05) is 17.7 Å². The summed E-state index contributed by atoms with van der Waals surface area (Å²) < 4.78 is 0. The molecule has 106 valence electrons. The summed E-state index contributed by atoms with van der Waals surface area (Å²) in [5.74, 6) is 3.42. The minimum atomic E-state index is -0.0486. The maximum atomic E-state index is 4.69. The van der Waals surface area contributed by atoms with Crippen LogP contribution in [-0.4, -0.2) is 22.6 Å². The van der Waals surface area contributed by atoms with Crippen molar-refractivity contribution in [2.24, 2.45) is 5.92 Å². The second-order valence-electron chi connectivity index (χ2n) is 7.08. The summed E-state index contributed by atoms with van der Waals surface area (Å²) in [6, 6.07) is 1.99. The van der Waals surface area contributed by atoms with Gasteiger partial charge in [0.1, 0.15) is 17.5 Å². The smallest absolute Gasteiger partial charge is 0.138 e. The highest BCUT2D eigenvalue weighted by molar-refractivity contribution is 5.49. The Labute approximate surface area is 116 Å². The number of nitrogens with zero attached hydrogens (tertiary/aromatic N) is 2. The fourth-order valence-electron chi connectivity index (χ4n) is 2.21. The fraction of sp³-hybridized carbons (Fsp3) is 0.733. The molecule has 2 N–H and O–H groups in total. The first-order valence-electron chi connectivity index (χ1n) is 7.08. The van der Waals surface area contributed by atoms with Crippen LogP contribution in [0.3, 0.4) is 0 Å². The normalized spacial score (nSPS) is 16.3. The Hall–Kier alpha value is -1.32. The van der Waals surface area contributed by atoms with E-state index in [0.717, 1.165) is 23.4 Å². The minimum Gasteiger partial charge on any atom is -0.373 e. The summed E-state index contributed by atoms with van der Waals surface area (Å²) >= 11 is 0. The van der Waals surface area contributed by atoms with Gasteiger partial charge in [-0.2, -0.15) is 0 Å². The molecule has 1 aliphatic rings. The number of anilines is 2. The first kappa shape index (κ1) is 14.1. The molecule has 0 bridgehead atoms. The maximum Gasteiger partial charge on any atom is 0.138 e. The second-order valence-corrected chi connectivity index (χ2v) is 7.08. The highest BCUT2D eigenvalue weighted by atomic mass is 15.1. The third-order valence-electron chi connectivity index (χ3n) is 3.70. The van der Waals surface area contributed by atoms with Crippen LogP contribution in [0.2, 0.25) is 0 Å². The van der Waals surface area contributed by atoms with Gasteiger partial charge in [0.15, 0.2) is 0 Å². The van der Waals surface area contributed by atoms with E-state index in [1.54, 1.807) is 0 Å². The first-order valence-corrected chi connectivity index (χ1v) is 7.08. The second kappa shape index (κ2) is 4.66. The van der Waals surface area contributed by atoms with Crippen LogP contribution in [0.1, 0.15) is 53.3 Å². The van der Waals surface area contributed by atoms with Gasteiger partial charge >= 0.3 is 0 Å².